The predicted octanol–water partition coefficient (Wildman–Crippen LogP) is 3.12. The molecule has 0 radical (unpaired) electrons. The predicted molar refractivity (Wildman–Crippen MR) is 88.2 cm³/mol. The maximum absolute atomic E-state index is 11.9. The average Bonchev–Trinajstić information content (AvgIpc) is 2.54. The lowest BCUT2D eigenvalue weighted by Gasteiger charge is -2.12. The highest BCUT2D eigenvalue weighted by Crippen LogP contribution is 2.23. The van der Waals surface area contributed by atoms with E-state index in [2.05, 4.69) is 15.8 Å². The molecule has 2 rings (SSSR count). The number of methoxy groups -OCH3 is 1. The van der Waals surface area contributed by atoms with E-state index in [0.717, 1.165) is 22.5 Å². The number of amidine groups is 1. The van der Waals surface area contributed by atoms with E-state index in [0.29, 0.717) is 0 Å². The van der Waals surface area contributed by atoms with Crippen LogP contribution in [0.25, 0.3) is 0 Å². The van der Waals surface area contributed by atoms with Gasteiger partial charge in [-0.05, 0) is 37.1 Å². The van der Waals surface area contributed by atoms with Crippen LogP contribution in [0.3, 0.4) is 0 Å². The monoisotopic (exact) mass is 297 g/mol. The van der Waals surface area contributed by atoms with Crippen LogP contribution in [-0.2, 0) is 9.53 Å². The van der Waals surface area contributed by atoms with Crippen molar-refractivity contribution in [3.63, 3.8) is 0 Å². The molecule has 0 aliphatic heterocycles. The zero-order chi connectivity index (χ0) is 15.9. The zero-order valence-corrected chi connectivity index (χ0v) is 12.9. The third-order valence-electron chi connectivity index (χ3n) is 3.14. The van der Waals surface area contributed by atoms with Crippen molar-refractivity contribution in [3.05, 3.63) is 59.7 Å². The molecule has 22 heavy (non-hydrogen) atoms. The first kappa shape index (κ1) is 15.6. The van der Waals surface area contributed by atoms with E-state index >= 15 is 0 Å². The van der Waals surface area contributed by atoms with Crippen LogP contribution < -0.4 is 10.9 Å². The van der Waals surface area contributed by atoms with Gasteiger partial charge in [-0.15, -0.1) is 0 Å². The average molecular weight is 297 g/mol. The molecule has 114 valence electrons. The van der Waals surface area contributed by atoms with Gasteiger partial charge in [0.05, 0.1) is 18.5 Å². The minimum absolute atomic E-state index is 0.101. The summed E-state index contributed by atoms with van der Waals surface area (Å²) in [5.74, 6) is -0.435. The summed E-state index contributed by atoms with van der Waals surface area (Å²) in [7, 11) is 1.33. The number of nitrogens with one attached hydrogen (secondary N) is 2. The number of esters is 1. The smallest absolute Gasteiger partial charge is 0.375 e. The number of carbonyl (C=O) groups excluding carboxylic acids is 1. The second kappa shape index (κ2) is 7.26. The number of hydrogen-bond donors (Lipinski definition) is 2. The number of carbonyl (C=O) groups is 1. The highest BCUT2D eigenvalue weighted by Gasteiger charge is 2.13. The molecule has 0 aliphatic rings. The van der Waals surface area contributed by atoms with Crippen LogP contribution >= 0.6 is 0 Å². The molecule has 0 saturated heterocycles. The first-order valence-electron chi connectivity index (χ1n) is 6.92. The summed E-state index contributed by atoms with van der Waals surface area (Å²) in [5.41, 5.74) is 9.31. The molecule has 0 spiro atoms. The van der Waals surface area contributed by atoms with Crippen molar-refractivity contribution in [1.82, 2.24) is 5.43 Å². The van der Waals surface area contributed by atoms with Gasteiger partial charge in [-0.25, -0.2) is 9.79 Å². The molecule has 0 heterocycles. The van der Waals surface area contributed by atoms with Crippen LogP contribution in [0.1, 0.15) is 11.1 Å². The Hall–Kier alpha value is -2.82. The lowest BCUT2D eigenvalue weighted by Crippen LogP contribution is -2.36. The Morgan fingerprint density at radius 1 is 1.00 bits per heavy atom. The Morgan fingerprint density at radius 2 is 1.64 bits per heavy atom. The van der Waals surface area contributed by atoms with Gasteiger partial charge < -0.3 is 4.74 Å². The minimum Gasteiger partial charge on any atom is -0.463 e. The molecule has 0 atom stereocenters. The van der Waals surface area contributed by atoms with E-state index in [-0.39, 0.29) is 5.84 Å². The molecular weight excluding hydrogens is 278 g/mol. The molecule has 5 heteroatoms. The Labute approximate surface area is 130 Å². The Morgan fingerprint density at radius 3 is 2.23 bits per heavy atom. The van der Waals surface area contributed by atoms with Gasteiger partial charge in [-0.2, -0.15) is 0 Å². The summed E-state index contributed by atoms with van der Waals surface area (Å²) in [4.78, 5) is 16.3. The van der Waals surface area contributed by atoms with E-state index < -0.39 is 5.97 Å². The molecule has 0 amide bonds. The second-order valence-corrected chi connectivity index (χ2v) is 4.81. The van der Waals surface area contributed by atoms with Crippen molar-refractivity contribution >= 4 is 23.2 Å². The van der Waals surface area contributed by atoms with Gasteiger partial charge in [0.25, 0.3) is 0 Å². The standard InChI is InChI=1S/C17H19N3O2/c1-12-8-7-9-13(2)15(12)18-16(17(21)22-3)20-19-14-10-5-4-6-11-14/h4-11,19H,1-3H3,(H,18,20). The summed E-state index contributed by atoms with van der Waals surface area (Å²) >= 11 is 0. The lowest BCUT2D eigenvalue weighted by molar-refractivity contribution is -0.132. The van der Waals surface area contributed by atoms with Crippen molar-refractivity contribution in [2.75, 3.05) is 12.5 Å². The summed E-state index contributed by atoms with van der Waals surface area (Å²) in [5, 5.41) is 0. The molecule has 0 aromatic heterocycles. The maximum Gasteiger partial charge on any atom is 0.375 e. The van der Waals surface area contributed by atoms with Gasteiger partial charge in [-0.3, -0.25) is 10.9 Å². The van der Waals surface area contributed by atoms with Gasteiger partial charge in [0.15, 0.2) is 0 Å². The SMILES string of the molecule is COC(=O)C(=Nc1c(C)cccc1C)NNc1ccccc1. The van der Waals surface area contributed by atoms with Crippen LogP contribution in [0.15, 0.2) is 53.5 Å². The van der Waals surface area contributed by atoms with Crippen molar-refractivity contribution < 1.29 is 9.53 Å². The minimum atomic E-state index is -0.536. The van der Waals surface area contributed by atoms with E-state index in [1.165, 1.54) is 7.11 Å². The molecule has 0 aliphatic carbocycles. The van der Waals surface area contributed by atoms with Gasteiger partial charge in [0.1, 0.15) is 0 Å². The van der Waals surface area contributed by atoms with Crippen LogP contribution in [0.4, 0.5) is 11.4 Å². The fourth-order valence-corrected chi connectivity index (χ4v) is 1.97. The van der Waals surface area contributed by atoms with Gasteiger partial charge >= 0.3 is 5.97 Å². The van der Waals surface area contributed by atoms with Gasteiger partial charge in [-0.1, -0.05) is 36.4 Å². The van der Waals surface area contributed by atoms with E-state index in [1.807, 2.05) is 62.4 Å². The summed E-state index contributed by atoms with van der Waals surface area (Å²) < 4.78 is 4.78. The third kappa shape index (κ3) is 3.85. The lowest BCUT2D eigenvalue weighted by atomic mass is 10.1. The van der Waals surface area contributed by atoms with Gasteiger partial charge in [0.2, 0.25) is 5.84 Å². The van der Waals surface area contributed by atoms with Crippen LogP contribution in [-0.4, -0.2) is 18.9 Å². The Bertz CT molecular complexity index is 661. The molecule has 2 aromatic rings. The highest BCUT2D eigenvalue weighted by atomic mass is 16.5. The molecule has 2 N–H and O–H groups in total. The molecule has 0 saturated carbocycles. The Kier molecular flexibility index (Phi) is 5.14. The van der Waals surface area contributed by atoms with Crippen LogP contribution in [0.2, 0.25) is 0 Å². The number of hydrogen-bond acceptors (Lipinski definition) is 4. The van der Waals surface area contributed by atoms with Crippen LogP contribution in [0.5, 0.6) is 0 Å². The number of benzene rings is 2. The topological polar surface area (TPSA) is 62.7 Å². The quantitative estimate of drug-likeness (QED) is 0.395. The number of aryl methyl sites for hydroxylation is 2. The normalized spacial score (nSPS) is 11.0. The van der Waals surface area contributed by atoms with E-state index in [9.17, 15) is 4.79 Å². The number of ether oxygens (including phenoxy) is 1. The number of aliphatic imine (C=N–C) groups is 1. The molecule has 0 unspecified atom stereocenters. The molecule has 0 fully saturated rings. The van der Waals surface area contributed by atoms with Gasteiger partial charge in [0, 0.05) is 0 Å². The van der Waals surface area contributed by atoms with Crippen molar-refractivity contribution in [2.45, 2.75) is 13.8 Å². The third-order valence-corrected chi connectivity index (χ3v) is 3.14. The first-order valence-corrected chi connectivity index (χ1v) is 6.92. The van der Waals surface area contributed by atoms with Crippen molar-refractivity contribution in [2.24, 2.45) is 4.99 Å². The molecule has 0 bridgehead atoms. The number of nitrogens with zero attached hydrogens (tertiary/aromatic N) is 1. The summed E-state index contributed by atoms with van der Waals surface area (Å²) in [6.45, 7) is 3.90. The fourth-order valence-electron chi connectivity index (χ4n) is 1.97. The number of para-hydroxylation sites is 2. The van der Waals surface area contributed by atoms with Crippen molar-refractivity contribution in [3.8, 4) is 0 Å². The van der Waals surface area contributed by atoms with E-state index in [4.69, 9.17) is 4.74 Å². The highest BCUT2D eigenvalue weighted by molar-refractivity contribution is 6.36. The second-order valence-electron chi connectivity index (χ2n) is 4.81. The van der Waals surface area contributed by atoms with Crippen molar-refractivity contribution in [1.29, 1.82) is 0 Å². The summed E-state index contributed by atoms with van der Waals surface area (Å²) in [6, 6.07) is 15.3. The fraction of sp³-hybridized carbons (Fsp3) is 0.176. The Balaban J connectivity index is 2.26. The number of rotatable bonds is 3. The number of hydrazine groups is 1. The maximum atomic E-state index is 11.9. The number of anilines is 1. The molecular formula is C17H19N3O2. The van der Waals surface area contributed by atoms with Crippen LogP contribution in [0, 0.1) is 13.8 Å². The first-order chi connectivity index (χ1) is 10.6. The zero-order valence-electron chi connectivity index (χ0n) is 12.9. The van der Waals surface area contributed by atoms with E-state index in [1.54, 1.807) is 0 Å². The molecule has 2 aromatic carbocycles. The molecule has 5 nitrogen and oxygen atoms in total. The largest absolute Gasteiger partial charge is 0.463 e. The summed E-state index contributed by atoms with van der Waals surface area (Å²) in [6.07, 6.45) is 0.